The lowest BCUT2D eigenvalue weighted by atomic mass is 10.2. The number of hydrogen-bond acceptors (Lipinski definition) is 6. The molecule has 8 heteroatoms. The Morgan fingerprint density at radius 3 is 2.88 bits per heavy atom. The van der Waals surface area contributed by atoms with Crippen LogP contribution >= 0.6 is 23.1 Å². The van der Waals surface area contributed by atoms with E-state index in [1.54, 1.807) is 22.2 Å². The average molecular weight is 361 g/mol. The molecule has 0 bridgehead atoms. The predicted molar refractivity (Wildman–Crippen MR) is 97.4 cm³/mol. The van der Waals surface area contributed by atoms with Crippen molar-refractivity contribution in [3.05, 3.63) is 35.6 Å². The Morgan fingerprint density at radius 1 is 1.38 bits per heavy atom. The highest BCUT2D eigenvalue weighted by molar-refractivity contribution is 8.00. The smallest absolute Gasteiger partial charge is 0.233 e. The van der Waals surface area contributed by atoms with Crippen LogP contribution in [0.4, 0.5) is 0 Å². The minimum Gasteiger partial charge on any atom is -0.354 e. The highest BCUT2D eigenvalue weighted by Gasteiger charge is 2.19. The molecule has 2 atom stereocenters. The van der Waals surface area contributed by atoms with Crippen molar-refractivity contribution in [2.24, 2.45) is 7.05 Å². The first kappa shape index (κ1) is 16.9. The van der Waals surface area contributed by atoms with E-state index >= 15 is 0 Å². The van der Waals surface area contributed by atoms with Gasteiger partial charge in [0.15, 0.2) is 5.16 Å². The van der Waals surface area contributed by atoms with Crippen LogP contribution in [-0.4, -0.2) is 37.5 Å². The molecular formula is C16H19N5OS2. The van der Waals surface area contributed by atoms with Gasteiger partial charge in [0.25, 0.3) is 0 Å². The standard InChI is InChI=1S/C16H19N5OS2/c1-10(15-19-12-6-4-5-7-13(12)24-15)8-17-14(22)11(2)23-16-20-18-9-21(16)3/h4-7,9-11H,8H2,1-3H3,(H,17,22). The minimum absolute atomic E-state index is 0.00374. The molecule has 0 spiro atoms. The fourth-order valence-electron chi connectivity index (χ4n) is 2.18. The molecular weight excluding hydrogens is 342 g/mol. The number of fused-ring (bicyclic) bond motifs is 1. The lowest BCUT2D eigenvalue weighted by Gasteiger charge is -2.13. The zero-order valence-corrected chi connectivity index (χ0v) is 15.4. The number of thiazole rings is 1. The minimum atomic E-state index is -0.226. The number of benzene rings is 1. The number of nitrogens with one attached hydrogen (secondary N) is 1. The van der Waals surface area contributed by atoms with Crippen molar-refractivity contribution < 1.29 is 4.79 Å². The number of amides is 1. The molecule has 0 radical (unpaired) electrons. The van der Waals surface area contributed by atoms with Gasteiger partial charge in [0, 0.05) is 19.5 Å². The molecule has 2 aromatic heterocycles. The van der Waals surface area contributed by atoms with Crippen LogP contribution in [0, 0.1) is 0 Å². The third kappa shape index (κ3) is 3.76. The van der Waals surface area contributed by atoms with Crippen molar-refractivity contribution in [2.45, 2.75) is 30.2 Å². The summed E-state index contributed by atoms with van der Waals surface area (Å²) in [5.74, 6) is 0.175. The van der Waals surface area contributed by atoms with Gasteiger partial charge >= 0.3 is 0 Å². The topological polar surface area (TPSA) is 72.7 Å². The summed E-state index contributed by atoms with van der Waals surface area (Å²) in [5.41, 5.74) is 1.02. The number of aryl methyl sites for hydroxylation is 1. The summed E-state index contributed by atoms with van der Waals surface area (Å²) < 4.78 is 2.98. The van der Waals surface area contributed by atoms with Crippen molar-refractivity contribution >= 4 is 39.2 Å². The third-order valence-corrected chi connectivity index (χ3v) is 6.05. The van der Waals surface area contributed by atoms with Gasteiger partial charge in [-0.2, -0.15) is 0 Å². The molecule has 1 aromatic carbocycles. The van der Waals surface area contributed by atoms with Gasteiger partial charge in [-0.05, 0) is 19.1 Å². The number of aromatic nitrogens is 4. The molecule has 2 heterocycles. The van der Waals surface area contributed by atoms with E-state index < -0.39 is 0 Å². The first-order valence-electron chi connectivity index (χ1n) is 7.68. The van der Waals surface area contributed by atoms with Gasteiger partial charge in [-0.15, -0.1) is 21.5 Å². The summed E-state index contributed by atoms with van der Waals surface area (Å²) in [5, 5.41) is 12.4. The maximum absolute atomic E-state index is 12.3. The van der Waals surface area contributed by atoms with Gasteiger partial charge in [-0.3, -0.25) is 4.79 Å². The van der Waals surface area contributed by atoms with Crippen LogP contribution < -0.4 is 5.32 Å². The quantitative estimate of drug-likeness (QED) is 0.684. The van der Waals surface area contributed by atoms with Crippen LogP contribution in [0.25, 0.3) is 10.2 Å². The summed E-state index contributed by atoms with van der Waals surface area (Å²) in [4.78, 5) is 16.9. The lowest BCUT2D eigenvalue weighted by molar-refractivity contribution is -0.120. The third-order valence-electron chi connectivity index (χ3n) is 3.64. The van der Waals surface area contributed by atoms with Crippen molar-refractivity contribution in [1.29, 1.82) is 0 Å². The fraction of sp³-hybridized carbons (Fsp3) is 0.375. The van der Waals surface area contributed by atoms with Crippen molar-refractivity contribution in [1.82, 2.24) is 25.1 Å². The van der Waals surface area contributed by atoms with Crippen molar-refractivity contribution in [3.63, 3.8) is 0 Å². The van der Waals surface area contributed by atoms with E-state index in [4.69, 9.17) is 0 Å². The molecule has 0 aliphatic carbocycles. The molecule has 1 N–H and O–H groups in total. The van der Waals surface area contributed by atoms with Gasteiger partial charge in [0.05, 0.1) is 20.5 Å². The number of carbonyl (C=O) groups is 1. The Balaban J connectivity index is 1.56. The summed E-state index contributed by atoms with van der Waals surface area (Å²) in [6, 6.07) is 8.09. The van der Waals surface area contributed by atoms with Gasteiger partial charge in [-0.1, -0.05) is 30.8 Å². The Hall–Kier alpha value is -1.93. The normalized spacial score (nSPS) is 13.8. The SMILES string of the molecule is CC(Sc1nncn1C)C(=O)NCC(C)c1nc2ccccc2s1. The van der Waals surface area contributed by atoms with Gasteiger partial charge in [0.1, 0.15) is 6.33 Å². The molecule has 24 heavy (non-hydrogen) atoms. The summed E-state index contributed by atoms with van der Waals surface area (Å²) in [6.45, 7) is 4.53. The largest absolute Gasteiger partial charge is 0.354 e. The second-order valence-electron chi connectivity index (χ2n) is 5.65. The molecule has 1 amide bonds. The van der Waals surface area contributed by atoms with Gasteiger partial charge < -0.3 is 9.88 Å². The van der Waals surface area contributed by atoms with E-state index in [1.807, 2.05) is 32.2 Å². The van der Waals surface area contributed by atoms with E-state index in [1.165, 1.54) is 16.5 Å². The zero-order chi connectivity index (χ0) is 17.1. The van der Waals surface area contributed by atoms with Gasteiger partial charge in [0.2, 0.25) is 5.91 Å². The maximum Gasteiger partial charge on any atom is 0.233 e. The van der Waals surface area contributed by atoms with E-state index in [9.17, 15) is 4.79 Å². The Bertz CT molecular complexity index is 811. The monoisotopic (exact) mass is 361 g/mol. The number of nitrogens with zero attached hydrogens (tertiary/aromatic N) is 4. The molecule has 0 aliphatic heterocycles. The van der Waals surface area contributed by atoms with Gasteiger partial charge in [-0.25, -0.2) is 4.98 Å². The highest BCUT2D eigenvalue weighted by atomic mass is 32.2. The Kier molecular flexibility index (Phi) is 5.15. The van der Waals surface area contributed by atoms with Crippen LogP contribution in [0.5, 0.6) is 0 Å². The van der Waals surface area contributed by atoms with Crippen LogP contribution in [0.2, 0.25) is 0 Å². The van der Waals surface area contributed by atoms with E-state index in [-0.39, 0.29) is 17.1 Å². The molecule has 3 aromatic rings. The van der Waals surface area contributed by atoms with Crippen molar-refractivity contribution in [3.8, 4) is 0 Å². The fourth-order valence-corrected chi connectivity index (χ4v) is 4.01. The molecule has 2 unspecified atom stereocenters. The number of rotatable bonds is 6. The molecule has 0 fully saturated rings. The van der Waals surface area contributed by atoms with Crippen LogP contribution in [-0.2, 0) is 11.8 Å². The van der Waals surface area contributed by atoms with E-state index in [2.05, 4.69) is 33.5 Å². The summed E-state index contributed by atoms with van der Waals surface area (Å²) in [7, 11) is 1.86. The van der Waals surface area contributed by atoms with Crippen molar-refractivity contribution in [2.75, 3.05) is 6.54 Å². The maximum atomic E-state index is 12.3. The highest BCUT2D eigenvalue weighted by Crippen LogP contribution is 2.27. The second-order valence-corrected chi connectivity index (χ2v) is 8.02. The molecule has 0 saturated heterocycles. The number of hydrogen-bond donors (Lipinski definition) is 1. The lowest BCUT2D eigenvalue weighted by Crippen LogP contribution is -2.33. The molecule has 6 nitrogen and oxygen atoms in total. The Labute approximate surface area is 148 Å². The van der Waals surface area contributed by atoms with E-state index in [0.717, 1.165) is 15.7 Å². The first-order valence-corrected chi connectivity index (χ1v) is 9.38. The summed E-state index contributed by atoms with van der Waals surface area (Å²) >= 11 is 3.08. The average Bonchev–Trinajstić information content (AvgIpc) is 3.18. The first-order chi connectivity index (χ1) is 11.5. The van der Waals surface area contributed by atoms with Crippen LogP contribution in [0.1, 0.15) is 24.8 Å². The number of thioether (sulfide) groups is 1. The molecule has 126 valence electrons. The number of carbonyl (C=O) groups excluding carboxylic acids is 1. The zero-order valence-electron chi connectivity index (χ0n) is 13.8. The van der Waals surface area contributed by atoms with Crippen LogP contribution in [0.3, 0.4) is 0 Å². The van der Waals surface area contributed by atoms with Crippen LogP contribution in [0.15, 0.2) is 35.7 Å². The van der Waals surface area contributed by atoms with E-state index in [0.29, 0.717) is 6.54 Å². The molecule has 3 rings (SSSR count). The summed E-state index contributed by atoms with van der Waals surface area (Å²) in [6.07, 6.45) is 1.63. The number of para-hydroxylation sites is 1. The Morgan fingerprint density at radius 2 is 2.17 bits per heavy atom. The second kappa shape index (κ2) is 7.31. The molecule has 0 aliphatic rings. The molecule has 0 saturated carbocycles. The predicted octanol–water partition coefficient (Wildman–Crippen LogP) is 2.83.